The van der Waals surface area contributed by atoms with Crippen LogP contribution in [0.2, 0.25) is 0 Å². The summed E-state index contributed by atoms with van der Waals surface area (Å²) in [6.45, 7) is 5.37. The maximum absolute atomic E-state index is 11.4. The van der Waals surface area contributed by atoms with Crippen LogP contribution in [0.1, 0.15) is 20.7 Å². The van der Waals surface area contributed by atoms with Gasteiger partial charge in [0.05, 0.1) is 0 Å². The molecule has 0 amide bonds. The average molecular weight is 170 g/mol. The molecular formula is C11H6O2. The number of hydrogen-bond acceptors (Lipinski definition) is 2. The van der Waals surface area contributed by atoms with Crippen molar-refractivity contribution in [2.24, 2.45) is 0 Å². The van der Waals surface area contributed by atoms with Gasteiger partial charge in [0.25, 0.3) is 0 Å². The van der Waals surface area contributed by atoms with E-state index >= 15 is 0 Å². The Kier molecular flexibility index (Phi) is 1.62. The lowest BCUT2D eigenvalue weighted by molar-refractivity contribution is 0.0987. The molecule has 2 nitrogen and oxygen atoms in total. The van der Waals surface area contributed by atoms with Gasteiger partial charge in [0.1, 0.15) is 0 Å². The van der Waals surface area contributed by atoms with Crippen LogP contribution in [0.15, 0.2) is 35.9 Å². The first-order chi connectivity index (χ1) is 6.20. The van der Waals surface area contributed by atoms with Crippen LogP contribution < -0.4 is 0 Å². The molecule has 1 aliphatic rings. The Bertz CT molecular complexity index is 427. The first-order valence-corrected chi connectivity index (χ1v) is 3.85. The highest BCUT2D eigenvalue weighted by Crippen LogP contribution is 2.19. The highest BCUT2D eigenvalue weighted by Gasteiger charge is 2.21. The summed E-state index contributed by atoms with van der Waals surface area (Å²) in [4.78, 5) is 22.7. The molecule has 2 radical (unpaired) electrons. The van der Waals surface area contributed by atoms with E-state index in [1.54, 1.807) is 24.3 Å². The van der Waals surface area contributed by atoms with Gasteiger partial charge in [-0.25, -0.2) is 0 Å². The van der Waals surface area contributed by atoms with E-state index in [9.17, 15) is 9.59 Å². The monoisotopic (exact) mass is 170 g/mol. The van der Waals surface area contributed by atoms with E-state index < -0.39 is 0 Å². The topological polar surface area (TPSA) is 34.1 Å². The second-order valence-electron chi connectivity index (χ2n) is 2.84. The SMILES string of the molecule is [CH]C1=CC(=O)c2ccccc2C1=O. The highest BCUT2D eigenvalue weighted by atomic mass is 16.1. The van der Waals surface area contributed by atoms with Crippen LogP contribution in [0.3, 0.4) is 0 Å². The molecule has 0 bridgehead atoms. The minimum atomic E-state index is -0.268. The van der Waals surface area contributed by atoms with Crippen molar-refractivity contribution in [3.8, 4) is 0 Å². The molecule has 0 unspecified atom stereocenters. The molecule has 0 saturated carbocycles. The Labute approximate surface area is 75.9 Å². The normalized spacial score (nSPS) is 15.3. The Morgan fingerprint density at radius 1 is 1.00 bits per heavy atom. The lowest BCUT2D eigenvalue weighted by atomic mass is 9.90. The number of benzene rings is 1. The second kappa shape index (κ2) is 2.66. The first-order valence-electron chi connectivity index (χ1n) is 3.85. The Morgan fingerprint density at radius 2 is 1.62 bits per heavy atom. The quantitative estimate of drug-likeness (QED) is 0.593. The van der Waals surface area contributed by atoms with Gasteiger partial charge in [-0.2, -0.15) is 0 Å². The Hall–Kier alpha value is -1.70. The third-order valence-electron chi connectivity index (χ3n) is 1.99. The maximum Gasteiger partial charge on any atom is 0.190 e. The summed E-state index contributed by atoms with van der Waals surface area (Å²) in [6.07, 6.45) is 1.17. The number of hydrogen-bond donors (Lipinski definition) is 0. The summed E-state index contributed by atoms with van der Waals surface area (Å²) in [5, 5.41) is 0. The molecule has 2 heteroatoms. The van der Waals surface area contributed by atoms with E-state index in [-0.39, 0.29) is 17.1 Å². The fourth-order valence-electron chi connectivity index (χ4n) is 1.34. The number of ketones is 2. The van der Waals surface area contributed by atoms with Crippen LogP contribution in [-0.4, -0.2) is 11.6 Å². The molecule has 0 saturated heterocycles. The molecule has 2 rings (SSSR count). The van der Waals surface area contributed by atoms with Crippen molar-refractivity contribution >= 4 is 11.6 Å². The summed E-state index contributed by atoms with van der Waals surface area (Å²) in [6, 6.07) is 6.66. The number of rotatable bonds is 0. The number of fused-ring (bicyclic) bond motifs is 1. The van der Waals surface area contributed by atoms with E-state index in [0.717, 1.165) is 0 Å². The molecule has 1 aromatic rings. The number of carbonyl (C=O) groups excluding carboxylic acids is 2. The minimum absolute atomic E-state index is 0.0173. The number of allylic oxidation sites excluding steroid dienone is 2. The van der Waals surface area contributed by atoms with Gasteiger partial charge >= 0.3 is 0 Å². The van der Waals surface area contributed by atoms with Gasteiger partial charge in [0.2, 0.25) is 0 Å². The molecule has 1 aliphatic carbocycles. The highest BCUT2D eigenvalue weighted by molar-refractivity contribution is 6.24. The maximum atomic E-state index is 11.4. The minimum Gasteiger partial charge on any atom is -0.289 e. The van der Waals surface area contributed by atoms with E-state index in [0.29, 0.717) is 11.1 Å². The standard InChI is InChI=1S/C11H6O2/c1-7-6-10(12)8-4-2-3-5-9(8)11(7)13/h1-6H. The zero-order valence-corrected chi connectivity index (χ0v) is 6.78. The number of carbonyl (C=O) groups is 2. The largest absolute Gasteiger partial charge is 0.289 e. The van der Waals surface area contributed by atoms with Crippen molar-refractivity contribution < 1.29 is 9.59 Å². The molecule has 62 valence electrons. The van der Waals surface area contributed by atoms with Gasteiger partial charge in [-0.1, -0.05) is 24.3 Å². The van der Waals surface area contributed by atoms with Crippen LogP contribution >= 0.6 is 0 Å². The van der Waals surface area contributed by atoms with Crippen molar-refractivity contribution in [2.45, 2.75) is 0 Å². The fraction of sp³-hybridized carbons (Fsp3) is 0. The average Bonchev–Trinajstić information content (AvgIpc) is 2.15. The zero-order chi connectivity index (χ0) is 9.42. The summed E-state index contributed by atoms with van der Waals surface area (Å²) in [7, 11) is 0. The Balaban J connectivity index is 2.69. The van der Waals surface area contributed by atoms with Crippen LogP contribution in [0.5, 0.6) is 0 Å². The summed E-state index contributed by atoms with van der Waals surface area (Å²) >= 11 is 0. The molecule has 0 N–H and O–H groups in total. The molecular weight excluding hydrogens is 164 g/mol. The summed E-state index contributed by atoms with van der Waals surface area (Å²) in [5.41, 5.74) is 0.845. The summed E-state index contributed by atoms with van der Waals surface area (Å²) < 4.78 is 0. The smallest absolute Gasteiger partial charge is 0.190 e. The van der Waals surface area contributed by atoms with Crippen molar-refractivity contribution in [3.63, 3.8) is 0 Å². The van der Waals surface area contributed by atoms with Gasteiger partial charge in [0, 0.05) is 23.6 Å². The molecule has 0 spiro atoms. The van der Waals surface area contributed by atoms with Crippen LogP contribution in [0.25, 0.3) is 0 Å². The number of Topliss-reactive ketones (excluding diaryl/α,β-unsaturated/α-hetero) is 1. The van der Waals surface area contributed by atoms with Crippen LogP contribution in [0.4, 0.5) is 0 Å². The predicted octanol–water partition coefficient (Wildman–Crippen LogP) is 1.70. The van der Waals surface area contributed by atoms with Gasteiger partial charge in [0.15, 0.2) is 11.6 Å². The van der Waals surface area contributed by atoms with Crippen molar-refractivity contribution in [2.75, 3.05) is 0 Å². The zero-order valence-electron chi connectivity index (χ0n) is 6.78. The Morgan fingerprint density at radius 3 is 2.31 bits per heavy atom. The van der Waals surface area contributed by atoms with Crippen molar-refractivity contribution in [1.29, 1.82) is 0 Å². The van der Waals surface area contributed by atoms with E-state index in [4.69, 9.17) is 6.92 Å². The second-order valence-corrected chi connectivity index (χ2v) is 2.84. The summed E-state index contributed by atoms with van der Waals surface area (Å²) in [5.74, 6) is -0.470. The van der Waals surface area contributed by atoms with Crippen LogP contribution in [-0.2, 0) is 0 Å². The van der Waals surface area contributed by atoms with Gasteiger partial charge in [-0.3, -0.25) is 9.59 Å². The van der Waals surface area contributed by atoms with E-state index in [1.807, 2.05) is 0 Å². The molecule has 1 aromatic carbocycles. The molecule has 0 aromatic heterocycles. The van der Waals surface area contributed by atoms with E-state index in [2.05, 4.69) is 0 Å². The predicted molar refractivity (Wildman–Crippen MR) is 47.5 cm³/mol. The van der Waals surface area contributed by atoms with Gasteiger partial charge in [-0.05, 0) is 6.08 Å². The molecule has 0 heterocycles. The molecule has 0 atom stereocenters. The van der Waals surface area contributed by atoms with Gasteiger partial charge < -0.3 is 0 Å². The van der Waals surface area contributed by atoms with Gasteiger partial charge in [-0.15, -0.1) is 0 Å². The van der Waals surface area contributed by atoms with E-state index in [1.165, 1.54) is 6.08 Å². The molecule has 0 aliphatic heterocycles. The fourth-order valence-corrected chi connectivity index (χ4v) is 1.34. The lowest BCUT2D eigenvalue weighted by Gasteiger charge is -2.10. The lowest BCUT2D eigenvalue weighted by Crippen LogP contribution is -2.15. The van der Waals surface area contributed by atoms with Crippen molar-refractivity contribution in [3.05, 3.63) is 54.0 Å². The third kappa shape index (κ3) is 1.11. The first kappa shape index (κ1) is 7.92. The van der Waals surface area contributed by atoms with Crippen molar-refractivity contribution in [1.82, 2.24) is 0 Å². The third-order valence-corrected chi connectivity index (χ3v) is 1.99. The van der Waals surface area contributed by atoms with Crippen LogP contribution in [0, 0.1) is 6.92 Å². The molecule has 0 fully saturated rings. The molecule has 13 heavy (non-hydrogen) atoms.